The highest BCUT2D eigenvalue weighted by molar-refractivity contribution is 5.62. The molecule has 0 aliphatic carbocycles. The van der Waals surface area contributed by atoms with Crippen molar-refractivity contribution in [1.29, 1.82) is 5.26 Å². The minimum absolute atomic E-state index is 0.825. The van der Waals surface area contributed by atoms with E-state index >= 15 is 0 Å². The van der Waals surface area contributed by atoms with Crippen LogP contribution < -0.4 is 4.90 Å². The molecule has 1 fully saturated rings. The molecule has 0 atom stereocenters. The summed E-state index contributed by atoms with van der Waals surface area (Å²) < 4.78 is 0. The Morgan fingerprint density at radius 3 is 2.65 bits per heavy atom. The van der Waals surface area contributed by atoms with E-state index in [0.717, 1.165) is 36.7 Å². The van der Waals surface area contributed by atoms with Gasteiger partial charge in [0.05, 0.1) is 11.3 Å². The lowest BCUT2D eigenvalue weighted by Crippen LogP contribution is -2.33. The molecule has 17 heavy (non-hydrogen) atoms. The highest BCUT2D eigenvalue weighted by Gasteiger charge is 2.19. The molecule has 0 saturated carbocycles. The summed E-state index contributed by atoms with van der Waals surface area (Å²) >= 11 is 0. The summed E-state index contributed by atoms with van der Waals surface area (Å²) in [5, 5.41) is 9.34. The lowest BCUT2D eigenvalue weighted by Gasteiger charge is -2.33. The minimum atomic E-state index is 0.825. The van der Waals surface area contributed by atoms with Gasteiger partial charge in [-0.25, -0.2) is 0 Å². The lowest BCUT2D eigenvalue weighted by atomic mass is 9.97. The summed E-state index contributed by atoms with van der Waals surface area (Å²) in [6.07, 6.45) is 3.41. The van der Waals surface area contributed by atoms with Gasteiger partial charge in [-0.3, -0.25) is 0 Å². The van der Waals surface area contributed by atoms with Gasteiger partial charge < -0.3 is 4.90 Å². The molecule has 1 heterocycles. The zero-order valence-corrected chi connectivity index (χ0v) is 10.7. The van der Waals surface area contributed by atoms with Gasteiger partial charge in [0.1, 0.15) is 6.07 Å². The fourth-order valence-corrected chi connectivity index (χ4v) is 2.52. The van der Waals surface area contributed by atoms with Gasteiger partial charge >= 0.3 is 0 Å². The fraction of sp³-hybridized carbons (Fsp3) is 0.533. The minimum Gasteiger partial charge on any atom is -0.370 e. The first kappa shape index (κ1) is 12.0. The summed E-state index contributed by atoms with van der Waals surface area (Å²) in [5.41, 5.74) is 3.19. The Labute approximate surface area is 104 Å². The molecule has 1 aliphatic rings. The molecule has 0 radical (unpaired) electrons. The van der Waals surface area contributed by atoms with E-state index in [0.29, 0.717) is 0 Å². The Balaban J connectivity index is 2.29. The number of benzene rings is 1. The van der Waals surface area contributed by atoms with Crippen LogP contribution in [0.1, 0.15) is 37.8 Å². The van der Waals surface area contributed by atoms with Gasteiger partial charge in [0.25, 0.3) is 0 Å². The Morgan fingerprint density at radius 1 is 1.35 bits per heavy atom. The second-order valence-corrected chi connectivity index (χ2v) is 4.95. The van der Waals surface area contributed by atoms with E-state index in [1.807, 2.05) is 0 Å². The van der Waals surface area contributed by atoms with E-state index in [2.05, 4.69) is 43.0 Å². The van der Waals surface area contributed by atoms with Crippen molar-refractivity contribution in [2.75, 3.05) is 18.0 Å². The molecule has 1 aromatic rings. The largest absolute Gasteiger partial charge is 0.370 e. The van der Waals surface area contributed by atoms with Crippen LogP contribution in [0.4, 0.5) is 5.69 Å². The molecule has 0 amide bonds. The van der Waals surface area contributed by atoms with Gasteiger partial charge in [0.2, 0.25) is 0 Å². The van der Waals surface area contributed by atoms with Gasteiger partial charge in [0.15, 0.2) is 0 Å². The third kappa shape index (κ3) is 2.44. The smallest absolute Gasteiger partial charge is 0.102 e. The standard InChI is InChI=1S/C15H20N2/c1-3-13-5-4-6-15(14(13)11-16)17-9-7-12(2)8-10-17/h4-6,12H,3,7-10H2,1-2H3. The van der Waals surface area contributed by atoms with Crippen molar-refractivity contribution >= 4 is 5.69 Å². The van der Waals surface area contributed by atoms with Crippen LogP contribution in [0, 0.1) is 17.2 Å². The van der Waals surface area contributed by atoms with E-state index in [1.165, 1.54) is 18.4 Å². The van der Waals surface area contributed by atoms with Gasteiger partial charge in [-0.15, -0.1) is 0 Å². The molecule has 2 heteroatoms. The third-order valence-corrected chi connectivity index (χ3v) is 3.75. The van der Waals surface area contributed by atoms with Crippen LogP contribution in [0.5, 0.6) is 0 Å². The van der Waals surface area contributed by atoms with Gasteiger partial charge in [-0.05, 0) is 36.8 Å². The summed E-state index contributed by atoms with van der Waals surface area (Å²) in [5.74, 6) is 0.825. The van der Waals surface area contributed by atoms with E-state index in [9.17, 15) is 5.26 Å². The van der Waals surface area contributed by atoms with Gasteiger partial charge in [-0.1, -0.05) is 26.0 Å². The zero-order valence-electron chi connectivity index (χ0n) is 10.7. The van der Waals surface area contributed by atoms with Crippen LogP contribution in [-0.2, 0) is 6.42 Å². The Morgan fingerprint density at radius 2 is 2.06 bits per heavy atom. The van der Waals surface area contributed by atoms with Gasteiger partial charge in [-0.2, -0.15) is 5.26 Å². The monoisotopic (exact) mass is 228 g/mol. The van der Waals surface area contributed by atoms with Crippen molar-refractivity contribution in [2.45, 2.75) is 33.1 Å². The van der Waals surface area contributed by atoms with E-state index in [1.54, 1.807) is 0 Å². The van der Waals surface area contributed by atoms with E-state index in [4.69, 9.17) is 0 Å². The predicted molar refractivity (Wildman–Crippen MR) is 71.1 cm³/mol. The molecule has 0 unspecified atom stereocenters. The average molecular weight is 228 g/mol. The summed E-state index contributed by atoms with van der Waals surface area (Å²) in [6, 6.07) is 8.61. The second kappa shape index (κ2) is 5.23. The quantitative estimate of drug-likeness (QED) is 0.776. The predicted octanol–water partition coefficient (Wildman–Crippen LogP) is 3.36. The Hall–Kier alpha value is -1.49. The number of anilines is 1. The number of piperidine rings is 1. The van der Waals surface area contributed by atoms with Crippen LogP contribution in [0.25, 0.3) is 0 Å². The number of hydrogen-bond acceptors (Lipinski definition) is 2. The van der Waals surface area contributed by atoms with E-state index < -0.39 is 0 Å². The maximum atomic E-state index is 9.34. The number of nitriles is 1. The first-order valence-corrected chi connectivity index (χ1v) is 6.53. The third-order valence-electron chi connectivity index (χ3n) is 3.75. The van der Waals surface area contributed by atoms with Crippen LogP contribution in [0.3, 0.4) is 0 Å². The van der Waals surface area contributed by atoms with E-state index in [-0.39, 0.29) is 0 Å². The maximum absolute atomic E-state index is 9.34. The molecule has 1 aromatic carbocycles. The van der Waals surface area contributed by atoms with Crippen molar-refractivity contribution in [2.24, 2.45) is 5.92 Å². The van der Waals surface area contributed by atoms with Crippen molar-refractivity contribution < 1.29 is 0 Å². The highest BCUT2D eigenvalue weighted by Crippen LogP contribution is 2.28. The summed E-state index contributed by atoms with van der Waals surface area (Å²) in [4.78, 5) is 2.37. The number of hydrogen-bond donors (Lipinski definition) is 0. The molecular weight excluding hydrogens is 208 g/mol. The molecule has 0 bridgehead atoms. The highest BCUT2D eigenvalue weighted by atomic mass is 15.1. The SMILES string of the molecule is CCc1cccc(N2CCC(C)CC2)c1C#N. The molecule has 0 spiro atoms. The summed E-state index contributed by atoms with van der Waals surface area (Å²) in [7, 11) is 0. The normalized spacial score (nSPS) is 16.9. The summed E-state index contributed by atoms with van der Waals surface area (Å²) in [6.45, 7) is 6.59. The average Bonchev–Trinajstić information content (AvgIpc) is 2.38. The molecule has 90 valence electrons. The number of nitrogens with zero attached hydrogens (tertiary/aromatic N) is 2. The number of rotatable bonds is 2. The zero-order chi connectivity index (χ0) is 12.3. The first-order chi connectivity index (χ1) is 8.26. The molecule has 1 saturated heterocycles. The maximum Gasteiger partial charge on any atom is 0.102 e. The Kier molecular flexibility index (Phi) is 3.68. The van der Waals surface area contributed by atoms with Crippen LogP contribution in [0.15, 0.2) is 18.2 Å². The van der Waals surface area contributed by atoms with Crippen LogP contribution >= 0.6 is 0 Å². The topological polar surface area (TPSA) is 27.0 Å². The fourth-order valence-electron chi connectivity index (χ4n) is 2.52. The van der Waals surface area contributed by atoms with Crippen LogP contribution in [-0.4, -0.2) is 13.1 Å². The van der Waals surface area contributed by atoms with Crippen molar-refractivity contribution in [3.8, 4) is 6.07 Å². The number of aryl methyl sites for hydroxylation is 1. The molecule has 2 rings (SSSR count). The lowest BCUT2D eigenvalue weighted by molar-refractivity contribution is 0.438. The Bertz CT molecular complexity index is 423. The molecule has 1 aliphatic heterocycles. The van der Waals surface area contributed by atoms with Crippen molar-refractivity contribution in [3.63, 3.8) is 0 Å². The van der Waals surface area contributed by atoms with Crippen molar-refractivity contribution in [3.05, 3.63) is 29.3 Å². The van der Waals surface area contributed by atoms with Crippen LogP contribution in [0.2, 0.25) is 0 Å². The molecular formula is C15H20N2. The molecule has 2 nitrogen and oxygen atoms in total. The van der Waals surface area contributed by atoms with Crippen molar-refractivity contribution in [1.82, 2.24) is 0 Å². The van der Waals surface area contributed by atoms with Gasteiger partial charge in [0, 0.05) is 13.1 Å². The molecule has 0 N–H and O–H groups in total. The first-order valence-electron chi connectivity index (χ1n) is 6.53. The molecule has 0 aromatic heterocycles. The second-order valence-electron chi connectivity index (χ2n) is 4.95.